The number of hydrogen-bond donors (Lipinski definition) is 2. The van der Waals surface area contributed by atoms with Crippen LogP contribution in [0, 0.1) is 5.82 Å². The highest BCUT2D eigenvalue weighted by Crippen LogP contribution is 2.29. The van der Waals surface area contributed by atoms with Crippen LogP contribution in [0.25, 0.3) is 0 Å². The van der Waals surface area contributed by atoms with Gasteiger partial charge in [0, 0.05) is 34.3 Å². The summed E-state index contributed by atoms with van der Waals surface area (Å²) in [6.45, 7) is 0.517. The lowest BCUT2D eigenvalue weighted by molar-refractivity contribution is -0.137. The first kappa shape index (κ1) is 20.8. The molecule has 0 heterocycles. The van der Waals surface area contributed by atoms with Crippen molar-refractivity contribution in [2.75, 3.05) is 17.6 Å². The number of alkyl halides is 3. The van der Waals surface area contributed by atoms with Crippen molar-refractivity contribution >= 4 is 46.4 Å². The van der Waals surface area contributed by atoms with Gasteiger partial charge in [-0.15, -0.1) is 0 Å². The van der Waals surface area contributed by atoms with E-state index < -0.39 is 11.7 Å². The SMILES string of the molecule is Fc1cccc(Cl)c1CSCCNC(=S)Nc1ccc(C(F)(F)F)cc1. The maximum atomic E-state index is 13.6. The molecule has 0 aliphatic rings. The Hall–Kier alpha value is -1.51. The van der Waals surface area contributed by atoms with Crippen LogP contribution in [0.3, 0.4) is 0 Å². The summed E-state index contributed by atoms with van der Waals surface area (Å²) < 4.78 is 51.1. The van der Waals surface area contributed by atoms with Crippen LogP contribution in [0.15, 0.2) is 42.5 Å². The highest BCUT2D eigenvalue weighted by molar-refractivity contribution is 7.98. The third-order valence-corrected chi connectivity index (χ3v) is 4.90. The summed E-state index contributed by atoms with van der Waals surface area (Å²) in [5.41, 5.74) is 0.205. The van der Waals surface area contributed by atoms with Crippen LogP contribution in [0.2, 0.25) is 5.02 Å². The number of thioether (sulfide) groups is 1. The first-order valence-corrected chi connectivity index (χ1v) is 9.44. The molecule has 0 atom stereocenters. The van der Waals surface area contributed by atoms with Gasteiger partial charge in [-0.1, -0.05) is 17.7 Å². The molecule has 2 rings (SSSR count). The molecule has 0 amide bonds. The van der Waals surface area contributed by atoms with Gasteiger partial charge in [0.1, 0.15) is 5.82 Å². The second-order valence-electron chi connectivity index (χ2n) is 5.21. The lowest BCUT2D eigenvalue weighted by Gasteiger charge is -2.12. The summed E-state index contributed by atoms with van der Waals surface area (Å²) in [6, 6.07) is 9.15. The van der Waals surface area contributed by atoms with E-state index in [1.807, 2.05) is 0 Å². The van der Waals surface area contributed by atoms with E-state index in [0.717, 1.165) is 12.1 Å². The van der Waals surface area contributed by atoms with Gasteiger partial charge < -0.3 is 10.6 Å². The minimum atomic E-state index is -4.37. The molecule has 26 heavy (non-hydrogen) atoms. The van der Waals surface area contributed by atoms with Gasteiger partial charge >= 0.3 is 6.18 Å². The maximum absolute atomic E-state index is 13.6. The predicted octanol–water partition coefficient (Wildman–Crippen LogP) is 5.72. The Morgan fingerprint density at radius 2 is 1.81 bits per heavy atom. The molecule has 2 N–H and O–H groups in total. The largest absolute Gasteiger partial charge is 0.416 e. The van der Waals surface area contributed by atoms with Crippen LogP contribution < -0.4 is 10.6 Å². The van der Waals surface area contributed by atoms with Gasteiger partial charge in [0.2, 0.25) is 0 Å². The number of anilines is 1. The summed E-state index contributed by atoms with van der Waals surface area (Å²) in [7, 11) is 0. The van der Waals surface area contributed by atoms with E-state index in [2.05, 4.69) is 10.6 Å². The second kappa shape index (κ2) is 9.43. The molecule has 0 saturated heterocycles. The first-order chi connectivity index (χ1) is 12.3. The minimum Gasteiger partial charge on any atom is -0.362 e. The van der Waals surface area contributed by atoms with Crippen LogP contribution in [0.5, 0.6) is 0 Å². The van der Waals surface area contributed by atoms with Gasteiger partial charge in [0.25, 0.3) is 0 Å². The highest BCUT2D eigenvalue weighted by Gasteiger charge is 2.29. The molecule has 0 spiro atoms. The van der Waals surface area contributed by atoms with Gasteiger partial charge in [-0.25, -0.2) is 4.39 Å². The number of nitrogens with one attached hydrogen (secondary N) is 2. The van der Waals surface area contributed by atoms with Crippen LogP contribution in [-0.4, -0.2) is 17.4 Å². The van der Waals surface area contributed by atoms with Gasteiger partial charge in [-0.2, -0.15) is 24.9 Å². The van der Waals surface area contributed by atoms with Crippen LogP contribution in [0.1, 0.15) is 11.1 Å². The molecule has 0 aliphatic heterocycles. The van der Waals surface area contributed by atoms with Gasteiger partial charge in [-0.05, 0) is 48.6 Å². The summed E-state index contributed by atoms with van der Waals surface area (Å²) in [6.07, 6.45) is -4.37. The Balaban J connectivity index is 1.71. The van der Waals surface area contributed by atoms with E-state index in [0.29, 0.717) is 39.4 Å². The van der Waals surface area contributed by atoms with E-state index in [4.69, 9.17) is 23.8 Å². The summed E-state index contributed by atoms with van der Waals surface area (Å²) in [5.74, 6) is 0.753. The Labute approximate surface area is 163 Å². The van der Waals surface area contributed by atoms with E-state index >= 15 is 0 Å². The average molecular weight is 423 g/mol. The fourth-order valence-corrected chi connectivity index (χ4v) is 3.42. The molecule has 0 fully saturated rings. The van der Waals surface area contributed by atoms with Gasteiger partial charge in [0.15, 0.2) is 5.11 Å². The molecule has 2 nitrogen and oxygen atoms in total. The molecule has 9 heteroatoms. The number of benzene rings is 2. The van der Waals surface area contributed by atoms with Crippen molar-refractivity contribution in [3.05, 3.63) is 64.4 Å². The predicted molar refractivity (Wildman–Crippen MR) is 103 cm³/mol. The standard InChI is InChI=1S/C17H15ClF4N2S2/c18-14-2-1-3-15(19)13(14)10-26-9-8-23-16(25)24-12-6-4-11(5-7-12)17(20,21)22/h1-7H,8-10H2,(H2,23,24,25). The zero-order chi connectivity index (χ0) is 19.2. The van der Waals surface area contributed by atoms with Crippen LogP contribution in [0.4, 0.5) is 23.2 Å². The van der Waals surface area contributed by atoms with Crippen LogP contribution >= 0.6 is 35.6 Å². The molecule has 0 radical (unpaired) electrons. The zero-order valence-corrected chi connectivity index (χ0v) is 15.8. The van der Waals surface area contributed by atoms with Crippen molar-refractivity contribution in [1.29, 1.82) is 0 Å². The summed E-state index contributed by atoms with van der Waals surface area (Å²) in [5, 5.41) is 6.45. The number of thiocarbonyl (C=S) groups is 1. The molecular formula is C17H15ClF4N2S2. The van der Waals surface area contributed by atoms with E-state index in [9.17, 15) is 17.6 Å². The minimum absolute atomic E-state index is 0.300. The average Bonchev–Trinajstić information content (AvgIpc) is 2.56. The van der Waals surface area contributed by atoms with E-state index in [1.54, 1.807) is 12.1 Å². The molecule has 0 unspecified atom stereocenters. The van der Waals surface area contributed by atoms with Crippen molar-refractivity contribution in [3.63, 3.8) is 0 Å². The van der Waals surface area contributed by atoms with Crippen molar-refractivity contribution in [1.82, 2.24) is 5.32 Å². The third-order valence-electron chi connectivity index (χ3n) is 3.31. The lowest BCUT2D eigenvalue weighted by atomic mass is 10.2. The highest BCUT2D eigenvalue weighted by atomic mass is 35.5. The second-order valence-corrected chi connectivity index (χ2v) is 7.13. The van der Waals surface area contributed by atoms with Crippen molar-refractivity contribution in [3.8, 4) is 0 Å². The molecule has 2 aromatic carbocycles. The first-order valence-electron chi connectivity index (χ1n) is 7.50. The number of hydrogen-bond acceptors (Lipinski definition) is 2. The molecule has 140 valence electrons. The molecule has 0 bridgehead atoms. The number of rotatable bonds is 6. The lowest BCUT2D eigenvalue weighted by Crippen LogP contribution is -2.30. The Kier molecular flexibility index (Phi) is 7.55. The fraction of sp³-hybridized carbons (Fsp3) is 0.235. The van der Waals surface area contributed by atoms with Crippen LogP contribution in [-0.2, 0) is 11.9 Å². The maximum Gasteiger partial charge on any atom is 0.416 e. The Morgan fingerprint density at radius 3 is 2.42 bits per heavy atom. The summed E-state index contributed by atoms with van der Waals surface area (Å²) >= 11 is 12.5. The molecule has 2 aromatic rings. The van der Waals surface area contributed by atoms with Crippen molar-refractivity contribution in [2.45, 2.75) is 11.9 Å². The number of halogens is 5. The molecule has 0 aliphatic carbocycles. The topological polar surface area (TPSA) is 24.1 Å². The van der Waals surface area contributed by atoms with E-state index in [1.165, 1.54) is 30.0 Å². The quantitative estimate of drug-likeness (QED) is 0.353. The summed E-state index contributed by atoms with van der Waals surface area (Å²) in [4.78, 5) is 0. The fourth-order valence-electron chi connectivity index (χ4n) is 2.00. The van der Waals surface area contributed by atoms with Gasteiger partial charge in [0.05, 0.1) is 5.56 Å². The zero-order valence-electron chi connectivity index (χ0n) is 13.4. The van der Waals surface area contributed by atoms with Gasteiger partial charge in [-0.3, -0.25) is 0 Å². The smallest absolute Gasteiger partial charge is 0.362 e. The Morgan fingerprint density at radius 1 is 1.12 bits per heavy atom. The third kappa shape index (κ3) is 6.34. The molecule has 0 aromatic heterocycles. The van der Waals surface area contributed by atoms with Crippen molar-refractivity contribution in [2.24, 2.45) is 0 Å². The normalized spacial score (nSPS) is 11.3. The Bertz CT molecular complexity index is 731. The monoisotopic (exact) mass is 422 g/mol. The van der Waals surface area contributed by atoms with Crippen molar-refractivity contribution < 1.29 is 17.6 Å². The van der Waals surface area contributed by atoms with E-state index in [-0.39, 0.29) is 5.82 Å². The molecule has 0 saturated carbocycles. The molecular weight excluding hydrogens is 408 g/mol.